The fraction of sp³-hybridized carbons (Fsp3) is 0. The van der Waals surface area contributed by atoms with Crippen molar-refractivity contribution in [3.63, 3.8) is 0 Å². The summed E-state index contributed by atoms with van der Waals surface area (Å²) in [5, 5.41) is 2.51. The minimum absolute atomic E-state index is 0.934. The van der Waals surface area contributed by atoms with Crippen LogP contribution < -0.4 is 0 Å². The van der Waals surface area contributed by atoms with E-state index in [0.717, 1.165) is 17.0 Å². The van der Waals surface area contributed by atoms with Gasteiger partial charge in [-0.05, 0) is 24.3 Å². The molecule has 0 N–H and O–H groups in total. The first-order valence-corrected chi connectivity index (χ1v) is 8.43. The van der Waals surface area contributed by atoms with Crippen LogP contribution in [0.3, 0.4) is 0 Å². The van der Waals surface area contributed by atoms with E-state index in [1.807, 2.05) is 6.07 Å². The van der Waals surface area contributed by atoms with Crippen molar-refractivity contribution in [1.29, 1.82) is 0 Å². The number of benzene rings is 3. The van der Waals surface area contributed by atoms with Crippen LogP contribution in [0.2, 0.25) is 0 Å². The van der Waals surface area contributed by atoms with Crippen LogP contribution in [0.5, 0.6) is 0 Å². The molecule has 0 atom stereocenters. The number of imidazole rings is 1. The van der Waals surface area contributed by atoms with Gasteiger partial charge in [-0.25, -0.2) is 7.76 Å². The first kappa shape index (κ1) is 13.1. The van der Waals surface area contributed by atoms with E-state index in [0.29, 0.717) is 0 Å². The maximum Gasteiger partial charge on any atom is 0.225 e. The van der Waals surface area contributed by atoms with Gasteiger partial charge in [0.05, 0.1) is 44.9 Å². The molecule has 2 aromatic heterocycles. The minimum atomic E-state index is 0.934. The summed E-state index contributed by atoms with van der Waals surface area (Å²) in [6.45, 7) is 0. The lowest BCUT2D eigenvalue weighted by molar-refractivity contribution is 1.04. The average Bonchev–Trinajstić information content (AvgIpc) is 3.11. The number of rotatable bonds is 1. The third kappa shape index (κ3) is 1.78. The summed E-state index contributed by atoms with van der Waals surface area (Å²) in [5.74, 6) is 0.934. The molecule has 0 radical (unpaired) electrons. The van der Waals surface area contributed by atoms with E-state index in [1.54, 1.807) is 0 Å². The Morgan fingerprint density at radius 3 is 1.78 bits per heavy atom. The zero-order chi connectivity index (χ0) is 15.4. The zero-order valence-corrected chi connectivity index (χ0v) is 14.3. The zero-order valence-electron chi connectivity index (χ0n) is 12.1. The van der Waals surface area contributed by atoms with E-state index in [1.165, 1.54) is 21.8 Å². The summed E-state index contributed by atoms with van der Waals surface area (Å²) in [7, 11) is 0. The van der Waals surface area contributed by atoms with E-state index >= 15 is 0 Å². The van der Waals surface area contributed by atoms with Crippen LogP contribution in [0, 0.1) is 0 Å². The van der Waals surface area contributed by atoms with Gasteiger partial charge in [0.2, 0.25) is 5.95 Å². The molecule has 0 saturated carbocycles. The highest BCUT2D eigenvalue weighted by atomic mass is 127. The van der Waals surface area contributed by atoms with Crippen LogP contribution in [0.1, 0.15) is 0 Å². The molecule has 0 aliphatic carbocycles. The monoisotopic (exact) mass is 409 g/mol. The molecule has 3 aromatic carbocycles. The summed E-state index contributed by atoms with van der Waals surface area (Å²) in [4.78, 5) is 4.87. The first-order chi connectivity index (χ1) is 11.3. The second kappa shape index (κ2) is 4.83. The second-order valence-electron chi connectivity index (χ2n) is 5.55. The van der Waals surface area contributed by atoms with Crippen molar-refractivity contribution in [3.8, 4) is 5.95 Å². The van der Waals surface area contributed by atoms with Crippen molar-refractivity contribution in [2.24, 2.45) is 0 Å². The molecule has 5 rings (SSSR count). The van der Waals surface area contributed by atoms with E-state index in [4.69, 9.17) is 4.98 Å². The van der Waals surface area contributed by atoms with Gasteiger partial charge in [0.1, 0.15) is 0 Å². The highest BCUT2D eigenvalue weighted by Crippen LogP contribution is 2.33. The van der Waals surface area contributed by atoms with Gasteiger partial charge >= 0.3 is 0 Å². The molecular weight excluding hydrogens is 397 g/mol. The van der Waals surface area contributed by atoms with Crippen LogP contribution in [0.15, 0.2) is 72.8 Å². The predicted octanol–water partition coefficient (Wildman–Crippen LogP) is 5.33. The van der Waals surface area contributed by atoms with Gasteiger partial charge in [0, 0.05) is 10.8 Å². The number of halogens is 1. The summed E-state index contributed by atoms with van der Waals surface area (Å²) in [6, 6.07) is 25.2. The van der Waals surface area contributed by atoms with Crippen molar-refractivity contribution in [2.45, 2.75) is 0 Å². The number of nitrogens with zero attached hydrogens (tertiary/aromatic N) is 3. The highest BCUT2D eigenvalue weighted by molar-refractivity contribution is 14.1. The molecule has 5 aromatic rings. The quantitative estimate of drug-likeness (QED) is 0.343. The predicted molar refractivity (Wildman–Crippen MR) is 103 cm³/mol. The lowest BCUT2D eigenvalue weighted by atomic mass is 10.2. The molecule has 3 nitrogen and oxygen atoms in total. The third-order valence-electron chi connectivity index (χ3n) is 4.27. The maximum atomic E-state index is 4.87. The summed E-state index contributed by atoms with van der Waals surface area (Å²) >= 11 is 2.33. The molecule has 2 heterocycles. The lowest BCUT2D eigenvalue weighted by Crippen LogP contribution is -1.99. The Bertz CT molecular complexity index is 1130. The molecule has 0 bridgehead atoms. The Labute approximate surface area is 146 Å². The summed E-state index contributed by atoms with van der Waals surface area (Å²) in [6.07, 6.45) is 0. The van der Waals surface area contributed by atoms with Gasteiger partial charge in [-0.3, -0.25) is 4.57 Å². The Morgan fingerprint density at radius 1 is 0.652 bits per heavy atom. The van der Waals surface area contributed by atoms with Gasteiger partial charge in [0.25, 0.3) is 0 Å². The maximum absolute atomic E-state index is 4.87. The van der Waals surface area contributed by atoms with Gasteiger partial charge in [-0.15, -0.1) is 0 Å². The van der Waals surface area contributed by atoms with E-state index in [-0.39, 0.29) is 0 Å². The molecule has 0 aliphatic rings. The molecule has 23 heavy (non-hydrogen) atoms. The Balaban J connectivity index is 2.00. The topological polar surface area (TPSA) is 22.8 Å². The molecular formula is C19H12IN3. The van der Waals surface area contributed by atoms with Crippen molar-refractivity contribution in [1.82, 2.24) is 12.3 Å². The number of hydrogen-bond acceptors (Lipinski definition) is 1. The number of aromatic nitrogens is 3. The molecule has 0 spiro atoms. The largest absolute Gasteiger partial charge is 0.279 e. The number of para-hydroxylation sites is 4. The Hall–Kier alpha value is -2.34. The van der Waals surface area contributed by atoms with Gasteiger partial charge in [0.15, 0.2) is 0 Å². The van der Waals surface area contributed by atoms with Crippen LogP contribution in [0.4, 0.5) is 0 Å². The molecule has 4 heteroatoms. The van der Waals surface area contributed by atoms with Gasteiger partial charge in [-0.1, -0.05) is 48.5 Å². The molecule has 0 aliphatic heterocycles. The molecule has 0 fully saturated rings. The summed E-state index contributed by atoms with van der Waals surface area (Å²) < 4.78 is 4.38. The van der Waals surface area contributed by atoms with Crippen molar-refractivity contribution < 1.29 is 0 Å². The first-order valence-electron chi connectivity index (χ1n) is 7.47. The fourth-order valence-electron chi connectivity index (χ4n) is 3.26. The molecule has 110 valence electrons. The van der Waals surface area contributed by atoms with E-state index in [2.05, 4.69) is 96.9 Å². The minimum Gasteiger partial charge on any atom is -0.279 e. The lowest BCUT2D eigenvalue weighted by Gasteiger charge is -2.05. The van der Waals surface area contributed by atoms with E-state index < -0.39 is 0 Å². The average molecular weight is 409 g/mol. The number of hydrogen-bond donors (Lipinski definition) is 0. The van der Waals surface area contributed by atoms with Crippen molar-refractivity contribution in [3.05, 3.63) is 72.8 Å². The second-order valence-corrected chi connectivity index (χ2v) is 6.52. The standard InChI is InChI=1S/C19H12IN3/c20-23-18-12-6-3-9-15(18)21-19(23)22-16-10-4-1-7-13(16)14-8-2-5-11-17(14)22/h1-12H. The van der Waals surface area contributed by atoms with Crippen LogP contribution in [-0.4, -0.2) is 12.3 Å². The Morgan fingerprint density at radius 2 is 1.17 bits per heavy atom. The Kier molecular flexibility index (Phi) is 2.76. The number of fused-ring (bicyclic) bond motifs is 4. The van der Waals surface area contributed by atoms with Gasteiger partial charge in [-0.2, -0.15) is 0 Å². The molecule has 0 amide bonds. The van der Waals surface area contributed by atoms with Crippen molar-refractivity contribution in [2.75, 3.05) is 0 Å². The van der Waals surface area contributed by atoms with Crippen LogP contribution in [0.25, 0.3) is 38.8 Å². The van der Waals surface area contributed by atoms with Crippen molar-refractivity contribution >= 4 is 55.7 Å². The molecule has 0 unspecified atom stereocenters. The highest BCUT2D eigenvalue weighted by Gasteiger charge is 2.16. The third-order valence-corrected chi connectivity index (χ3v) is 5.22. The summed E-state index contributed by atoms with van der Waals surface area (Å²) in [5.41, 5.74) is 4.51. The SMILES string of the molecule is In1c(-n2c3ccccc3c3ccccc32)nc2ccccc21. The normalized spacial score (nSPS) is 11.7. The van der Waals surface area contributed by atoms with Crippen LogP contribution >= 0.6 is 22.9 Å². The fourth-order valence-corrected chi connectivity index (χ4v) is 3.99. The van der Waals surface area contributed by atoms with Gasteiger partial charge < -0.3 is 0 Å². The smallest absolute Gasteiger partial charge is 0.225 e. The van der Waals surface area contributed by atoms with E-state index in [9.17, 15) is 0 Å². The molecule has 0 saturated heterocycles. The van der Waals surface area contributed by atoms with Crippen LogP contribution in [-0.2, 0) is 0 Å².